The third-order valence-corrected chi connectivity index (χ3v) is 4.47. The van der Waals surface area contributed by atoms with Crippen LogP contribution in [0, 0.1) is 20.8 Å². The van der Waals surface area contributed by atoms with Crippen molar-refractivity contribution in [2.45, 2.75) is 53.4 Å². The highest BCUT2D eigenvalue weighted by atomic mass is 16.5. The molecule has 0 saturated heterocycles. The highest BCUT2D eigenvalue weighted by molar-refractivity contribution is 5.95. The third kappa shape index (κ3) is 2.85. The normalized spacial score (nSPS) is 14.3. The number of aromatic nitrogens is 3. The van der Waals surface area contributed by atoms with E-state index in [1.54, 1.807) is 4.90 Å². The van der Waals surface area contributed by atoms with Crippen LogP contribution < -0.4 is 4.90 Å². The number of carbonyl (C=O) groups is 1. The van der Waals surface area contributed by atoms with Crippen molar-refractivity contribution < 1.29 is 9.32 Å². The maximum Gasteiger partial charge on any atom is 0.228 e. The maximum absolute atomic E-state index is 12.4. The number of nitrogens with zero attached hydrogens (tertiary/aromatic N) is 4. The van der Waals surface area contributed by atoms with Crippen molar-refractivity contribution in [2.75, 3.05) is 11.4 Å². The van der Waals surface area contributed by atoms with E-state index in [2.05, 4.69) is 15.1 Å². The fraction of sp³-hybridized carbons (Fsp3) is 0.529. The number of anilines is 1. The van der Waals surface area contributed by atoms with Crippen molar-refractivity contribution in [3.8, 4) is 0 Å². The van der Waals surface area contributed by atoms with Gasteiger partial charge < -0.3 is 4.52 Å². The number of hydrogen-bond donors (Lipinski definition) is 0. The van der Waals surface area contributed by atoms with Gasteiger partial charge >= 0.3 is 0 Å². The molecule has 0 fully saturated rings. The van der Waals surface area contributed by atoms with Crippen LogP contribution in [0.5, 0.6) is 0 Å². The van der Waals surface area contributed by atoms with Gasteiger partial charge in [0.2, 0.25) is 5.91 Å². The molecular weight excluding hydrogens is 292 g/mol. The average Bonchev–Trinajstić information content (AvgIpc) is 2.85. The van der Waals surface area contributed by atoms with Gasteiger partial charge in [0.05, 0.1) is 5.69 Å². The first-order valence-electron chi connectivity index (χ1n) is 8.09. The molecule has 2 aromatic heterocycles. The van der Waals surface area contributed by atoms with E-state index < -0.39 is 0 Å². The SMILES string of the molecule is CCc1nc(C)c2c(n1)N(CCc1c(C)noc1C)C(=O)CC2. The van der Waals surface area contributed by atoms with Crippen LogP contribution in [0.2, 0.25) is 0 Å². The van der Waals surface area contributed by atoms with Crippen molar-refractivity contribution >= 4 is 11.7 Å². The minimum Gasteiger partial charge on any atom is -0.361 e. The summed E-state index contributed by atoms with van der Waals surface area (Å²) in [5.74, 6) is 2.53. The zero-order chi connectivity index (χ0) is 16.6. The van der Waals surface area contributed by atoms with E-state index >= 15 is 0 Å². The van der Waals surface area contributed by atoms with Crippen molar-refractivity contribution in [1.29, 1.82) is 0 Å². The molecule has 0 bridgehead atoms. The van der Waals surface area contributed by atoms with Crippen LogP contribution in [-0.2, 0) is 24.1 Å². The molecule has 6 heteroatoms. The summed E-state index contributed by atoms with van der Waals surface area (Å²) < 4.78 is 5.21. The van der Waals surface area contributed by atoms with Gasteiger partial charge in [-0.3, -0.25) is 9.69 Å². The molecule has 3 heterocycles. The predicted octanol–water partition coefficient (Wildman–Crippen LogP) is 2.47. The van der Waals surface area contributed by atoms with Crippen molar-refractivity contribution in [2.24, 2.45) is 0 Å². The Morgan fingerprint density at radius 3 is 2.57 bits per heavy atom. The first-order chi connectivity index (χ1) is 11.0. The highest BCUT2D eigenvalue weighted by Crippen LogP contribution is 2.28. The second-order valence-corrected chi connectivity index (χ2v) is 5.98. The molecule has 1 aliphatic heterocycles. The Kier molecular flexibility index (Phi) is 4.15. The van der Waals surface area contributed by atoms with Crippen molar-refractivity contribution in [1.82, 2.24) is 15.1 Å². The summed E-state index contributed by atoms with van der Waals surface area (Å²) in [5, 5.41) is 3.98. The molecule has 0 spiro atoms. The lowest BCUT2D eigenvalue weighted by atomic mass is 10.0. The van der Waals surface area contributed by atoms with Gasteiger partial charge in [0.25, 0.3) is 0 Å². The molecule has 0 aliphatic carbocycles. The Bertz CT molecular complexity index is 732. The number of carbonyl (C=O) groups excluding carboxylic acids is 1. The first kappa shape index (κ1) is 15.6. The molecule has 122 valence electrons. The zero-order valence-electron chi connectivity index (χ0n) is 14.1. The topological polar surface area (TPSA) is 72.1 Å². The minimum absolute atomic E-state index is 0.129. The second kappa shape index (κ2) is 6.10. The number of aryl methyl sites for hydroxylation is 4. The van der Waals surface area contributed by atoms with E-state index in [4.69, 9.17) is 4.52 Å². The van der Waals surface area contributed by atoms with Crippen LogP contribution in [0.25, 0.3) is 0 Å². The maximum atomic E-state index is 12.4. The lowest BCUT2D eigenvalue weighted by molar-refractivity contribution is -0.118. The van der Waals surface area contributed by atoms with Gasteiger partial charge in [0.1, 0.15) is 17.4 Å². The molecule has 3 rings (SSSR count). The standard InChI is InChI=1S/C17H22N4O2/c1-5-15-18-10(2)14-6-7-16(22)21(17(14)19-15)9-8-13-11(3)20-23-12(13)4/h5-9H2,1-4H3. The lowest BCUT2D eigenvalue weighted by Crippen LogP contribution is -2.38. The van der Waals surface area contributed by atoms with Gasteiger partial charge in [0, 0.05) is 36.2 Å². The number of fused-ring (bicyclic) bond motifs is 1. The lowest BCUT2D eigenvalue weighted by Gasteiger charge is -2.29. The minimum atomic E-state index is 0.129. The summed E-state index contributed by atoms with van der Waals surface area (Å²) in [6.07, 6.45) is 2.73. The summed E-state index contributed by atoms with van der Waals surface area (Å²) in [4.78, 5) is 23.4. The van der Waals surface area contributed by atoms with Crippen LogP contribution in [0.15, 0.2) is 4.52 Å². The number of amides is 1. The molecule has 2 aromatic rings. The van der Waals surface area contributed by atoms with E-state index in [0.29, 0.717) is 13.0 Å². The molecule has 0 aromatic carbocycles. The van der Waals surface area contributed by atoms with E-state index in [1.165, 1.54) is 0 Å². The number of hydrogen-bond acceptors (Lipinski definition) is 5. The summed E-state index contributed by atoms with van der Waals surface area (Å²) in [6.45, 7) is 8.46. The van der Waals surface area contributed by atoms with Gasteiger partial charge in [0.15, 0.2) is 0 Å². The monoisotopic (exact) mass is 314 g/mol. The molecule has 23 heavy (non-hydrogen) atoms. The summed E-state index contributed by atoms with van der Waals surface area (Å²) in [7, 11) is 0. The Balaban J connectivity index is 1.91. The molecule has 0 N–H and O–H groups in total. The van der Waals surface area contributed by atoms with Gasteiger partial charge in [-0.05, 0) is 33.6 Å². The van der Waals surface area contributed by atoms with E-state index in [9.17, 15) is 4.79 Å². The quantitative estimate of drug-likeness (QED) is 0.867. The zero-order valence-corrected chi connectivity index (χ0v) is 14.1. The molecule has 0 saturated carbocycles. The van der Waals surface area contributed by atoms with E-state index in [-0.39, 0.29) is 5.91 Å². The molecule has 0 atom stereocenters. The van der Waals surface area contributed by atoms with Gasteiger partial charge in [-0.2, -0.15) is 0 Å². The fourth-order valence-corrected chi connectivity index (χ4v) is 3.11. The summed E-state index contributed by atoms with van der Waals surface area (Å²) >= 11 is 0. The number of rotatable bonds is 4. The van der Waals surface area contributed by atoms with E-state index in [0.717, 1.165) is 59.2 Å². The molecule has 0 radical (unpaired) electrons. The van der Waals surface area contributed by atoms with E-state index in [1.807, 2.05) is 27.7 Å². The van der Waals surface area contributed by atoms with Gasteiger partial charge in [-0.25, -0.2) is 9.97 Å². The molecule has 6 nitrogen and oxygen atoms in total. The summed E-state index contributed by atoms with van der Waals surface area (Å²) in [6, 6.07) is 0. The Morgan fingerprint density at radius 2 is 1.91 bits per heavy atom. The van der Waals surface area contributed by atoms with Crippen LogP contribution in [-0.4, -0.2) is 27.6 Å². The Labute approximate surface area is 135 Å². The van der Waals surface area contributed by atoms with Gasteiger partial charge in [-0.1, -0.05) is 12.1 Å². The molecule has 1 aliphatic rings. The first-order valence-corrected chi connectivity index (χ1v) is 8.09. The Hall–Kier alpha value is -2.24. The molecule has 0 unspecified atom stereocenters. The fourth-order valence-electron chi connectivity index (χ4n) is 3.11. The molecular formula is C17H22N4O2. The van der Waals surface area contributed by atoms with Crippen molar-refractivity contribution in [3.63, 3.8) is 0 Å². The van der Waals surface area contributed by atoms with Crippen LogP contribution in [0.3, 0.4) is 0 Å². The molecule has 1 amide bonds. The second-order valence-electron chi connectivity index (χ2n) is 5.98. The van der Waals surface area contributed by atoms with Crippen LogP contribution in [0.4, 0.5) is 5.82 Å². The summed E-state index contributed by atoms with van der Waals surface area (Å²) in [5.41, 5.74) is 4.05. The highest BCUT2D eigenvalue weighted by Gasteiger charge is 2.28. The van der Waals surface area contributed by atoms with Crippen LogP contribution >= 0.6 is 0 Å². The van der Waals surface area contributed by atoms with Gasteiger partial charge in [-0.15, -0.1) is 0 Å². The third-order valence-electron chi connectivity index (χ3n) is 4.47. The largest absolute Gasteiger partial charge is 0.361 e. The predicted molar refractivity (Wildman–Crippen MR) is 86.5 cm³/mol. The van der Waals surface area contributed by atoms with Crippen molar-refractivity contribution in [3.05, 3.63) is 34.1 Å². The average molecular weight is 314 g/mol. The Morgan fingerprint density at radius 1 is 1.13 bits per heavy atom. The van der Waals surface area contributed by atoms with Crippen LogP contribution in [0.1, 0.15) is 47.4 Å². The smallest absolute Gasteiger partial charge is 0.228 e.